The van der Waals surface area contributed by atoms with E-state index < -0.39 is 0 Å². The highest BCUT2D eigenvalue weighted by Gasteiger charge is 2.41. The lowest BCUT2D eigenvalue weighted by Gasteiger charge is -2.47. The van der Waals surface area contributed by atoms with Crippen LogP contribution in [0.5, 0.6) is 0 Å². The molecule has 0 amide bonds. The first-order valence-corrected chi connectivity index (χ1v) is 7.07. The van der Waals surface area contributed by atoms with Gasteiger partial charge in [-0.2, -0.15) is 5.26 Å². The van der Waals surface area contributed by atoms with Gasteiger partial charge in [-0.05, 0) is 31.9 Å². The number of nitrogens with zero attached hydrogens (tertiary/aromatic N) is 3. The van der Waals surface area contributed by atoms with E-state index in [0.29, 0.717) is 12.3 Å². The highest BCUT2D eigenvalue weighted by Crippen LogP contribution is 2.32. The summed E-state index contributed by atoms with van der Waals surface area (Å²) in [6, 6.07) is 5.77. The molecule has 2 atom stereocenters. The first-order valence-electron chi connectivity index (χ1n) is 7.07. The van der Waals surface area contributed by atoms with E-state index in [2.05, 4.69) is 16.8 Å². The minimum atomic E-state index is -0.191. The lowest BCUT2D eigenvalue weighted by molar-refractivity contribution is -0.160. The Kier molecular flexibility index (Phi) is 3.60. The second-order valence-electron chi connectivity index (χ2n) is 5.66. The van der Waals surface area contributed by atoms with Crippen LogP contribution in [0.25, 0.3) is 0 Å². The lowest BCUT2D eigenvalue weighted by Crippen LogP contribution is -2.58. The van der Waals surface area contributed by atoms with Crippen LogP contribution in [0.4, 0.5) is 5.69 Å². The second-order valence-corrected chi connectivity index (χ2v) is 5.66. The number of rotatable bonds is 1. The van der Waals surface area contributed by atoms with Crippen molar-refractivity contribution in [3.63, 3.8) is 0 Å². The summed E-state index contributed by atoms with van der Waals surface area (Å²) in [6.07, 6.45) is 4.03. The Morgan fingerprint density at radius 3 is 3.05 bits per heavy atom. The highest BCUT2D eigenvalue weighted by atomic mass is 16.6. The van der Waals surface area contributed by atoms with Crippen molar-refractivity contribution in [3.05, 3.63) is 24.0 Å². The molecule has 0 aromatic carbocycles. The molecule has 2 fully saturated rings. The molecule has 3 heterocycles. The van der Waals surface area contributed by atoms with Crippen LogP contribution in [0.2, 0.25) is 0 Å². The van der Waals surface area contributed by atoms with Crippen molar-refractivity contribution in [2.75, 3.05) is 31.2 Å². The zero-order chi connectivity index (χ0) is 14.0. The predicted octanol–water partition coefficient (Wildman–Crippen LogP) is 1.73. The van der Waals surface area contributed by atoms with E-state index in [-0.39, 0.29) is 11.7 Å². The van der Waals surface area contributed by atoms with Crippen LogP contribution in [0.1, 0.15) is 25.5 Å². The SMILES string of the molecule is C[C@@H]1CN(c2ccc(C#N)nc2)C[C@]2(CCCOC2)O1. The molecule has 20 heavy (non-hydrogen) atoms. The van der Waals surface area contributed by atoms with E-state index in [0.717, 1.165) is 38.2 Å². The molecule has 3 rings (SSSR count). The van der Waals surface area contributed by atoms with Crippen LogP contribution in [0.3, 0.4) is 0 Å². The maximum atomic E-state index is 8.82. The third-order valence-electron chi connectivity index (χ3n) is 3.92. The van der Waals surface area contributed by atoms with E-state index in [1.165, 1.54) is 0 Å². The molecule has 2 aliphatic heterocycles. The van der Waals surface area contributed by atoms with Gasteiger partial charge < -0.3 is 14.4 Å². The summed E-state index contributed by atoms with van der Waals surface area (Å²) in [7, 11) is 0. The minimum absolute atomic E-state index is 0.168. The Morgan fingerprint density at radius 1 is 1.50 bits per heavy atom. The largest absolute Gasteiger partial charge is 0.378 e. The minimum Gasteiger partial charge on any atom is -0.378 e. The molecule has 0 unspecified atom stereocenters. The van der Waals surface area contributed by atoms with E-state index in [4.69, 9.17) is 14.7 Å². The predicted molar refractivity (Wildman–Crippen MR) is 74.5 cm³/mol. The summed E-state index contributed by atoms with van der Waals surface area (Å²) in [6.45, 7) is 5.26. The molecular weight excluding hydrogens is 254 g/mol. The van der Waals surface area contributed by atoms with Gasteiger partial charge in [0.15, 0.2) is 0 Å². The van der Waals surface area contributed by atoms with Crippen molar-refractivity contribution in [2.24, 2.45) is 0 Å². The maximum absolute atomic E-state index is 8.82. The number of anilines is 1. The molecule has 5 nitrogen and oxygen atoms in total. The first-order chi connectivity index (χ1) is 9.71. The van der Waals surface area contributed by atoms with E-state index >= 15 is 0 Å². The molecule has 1 aromatic rings. The van der Waals surface area contributed by atoms with Crippen molar-refractivity contribution in [1.82, 2.24) is 4.98 Å². The fourth-order valence-corrected chi connectivity index (χ4v) is 3.10. The quantitative estimate of drug-likeness (QED) is 0.780. The van der Waals surface area contributed by atoms with E-state index in [1.54, 1.807) is 12.3 Å². The third kappa shape index (κ3) is 2.62. The smallest absolute Gasteiger partial charge is 0.140 e. The Hall–Kier alpha value is -1.64. The number of hydrogen-bond donors (Lipinski definition) is 0. The summed E-state index contributed by atoms with van der Waals surface area (Å²) >= 11 is 0. The van der Waals surface area contributed by atoms with Gasteiger partial charge in [0.1, 0.15) is 17.4 Å². The average Bonchev–Trinajstić information content (AvgIpc) is 2.47. The molecule has 0 saturated carbocycles. The van der Waals surface area contributed by atoms with Crippen LogP contribution >= 0.6 is 0 Å². The fraction of sp³-hybridized carbons (Fsp3) is 0.600. The highest BCUT2D eigenvalue weighted by molar-refractivity contribution is 5.47. The van der Waals surface area contributed by atoms with Gasteiger partial charge in [-0.1, -0.05) is 0 Å². The van der Waals surface area contributed by atoms with Crippen molar-refractivity contribution in [1.29, 1.82) is 5.26 Å². The monoisotopic (exact) mass is 273 g/mol. The topological polar surface area (TPSA) is 58.4 Å². The van der Waals surface area contributed by atoms with Gasteiger partial charge in [0.2, 0.25) is 0 Å². The number of aromatic nitrogens is 1. The Morgan fingerprint density at radius 2 is 2.40 bits per heavy atom. The molecule has 0 bridgehead atoms. The number of morpholine rings is 1. The number of hydrogen-bond acceptors (Lipinski definition) is 5. The summed E-state index contributed by atoms with van der Waals surface area (Å²) in [4.78, 5) is 6.44. The van der Waals surface area contributed by atoms with Gasteiger partial charge in [-0.15, -0.1) is 0 Å². The van der Waals surface area contributed by atoms with Crippen molar-refractivity contribution < 1.29 is 9.47 Å². The van der Waals surface area contributed by atoms with Gasteiger partial charge in [-0.3, -0.25) is 0 Å². The molecule has 106 valence electrons. The normalized spacial score (nSPS) is 30.2. The van der Waals surface area contributed by atoms with Crippen LogP contribution < -0.4 is 4.90 Å². The molecule has 1 aromatic heterocycles. The van der Waals surface area contributed by atoms with Gasteiger partial charge >= 0.3 is 0 Å². The number of pyridine rings is 1. The molecular formula is C15H19N3O2. The summed E-state index contributed by atoms with van der Waals surface area (Å²) in [5.41, 5.74) is 1.30. The first kappa shape index (κ1) is 13.3. The van der Waals surface area contributed by atoms with Crippen molar-refractivity contribution in [3.8, 4) is 6.07 Å². The van der Waals surface area contributed by atoms with E-state index in [9.17, 15) is 0 Å². The van der Waals surface area contributed by atoms with Gasteiger partial charge in [-0.25, -0.2) is 4.98 Å². The molecule has 0 radical (unpaired) electrons. The van der Waals surface area contributed by atoms with Crippen molar-refractivity contribution in [2.45, 2.75) is 31.5 Å². The van der Waals surface area contributed by atoms with Crippen molar-refractivity contribution >= 4 is 5.69 Å². The summed E-state index contributed by atoms with van der Waals surface area (Å²) in [5, 5.41) is 8.82. The molecule has 2 saturated heterocycles. The Bertz CT molecular complexity index is 503. The van der Waals surface area contributed by atoms with Gasteiger partial charge in [0, 0.05) is 19.7 Å². The standard InChI is InChI=1S/C15H19N3O2/c1-12-9-18(14-4-3-13(7-16)17-8-14)10-15(20-12)5-2-6-19-11-15/h3-4,8,12H,2,5-6,9-11H2,1H3/t12-,15+/m1/s1. The molecule has 5 heteroatoms. The zero-order valence-electron chi connectivity index (χ0n) is 11.7. The summed E-state index contributed by atoms with van der Waals surface area (Å²) in [5.74, 6) is 0. The average molecular weight is 273 g/mol. The van der Waals surface area contributed by atoms with Crippen LogP contribution in [-0.2, 0) is 9.47 Å². The molecule has 0 N–H and O–H groups in total. The molecule has 0 aliphatic carbocycles. The summed E-state index contributed by atoms with van der Waals surface area (Å²) < 4.78 is 11.8. The fourth-order valence-electron chi connectivity index (χ4n) is 3.10. The zero-order valence-corrected chi connectivity index (χ0v) is 11.7. The third-order valence-corrected chi connectivity index (χ3v) is 3.92. The molecule has 2 aliphatic rings. The van der Waals surface area contributed by atoms with Crippen LogP contribution in [-0.4, -0.2) is 43.0 Å². The van der Waals surface area contributed by atoms with Crippen LogP contribution in [0.15, 0.2) is 18.3 Å². The lowest BCUT2D eigenvalue weighted by atomic mass is 9.93. The number of nitriles is 1. The number of ether oxygens (including phenoxy) is 2. The van der Waals surface area contributed by atoms with Gasteiger partial charge in [0.05, 0.1) is 24.6 Å². The second kappa shape index (κ2) is 5.39. The van der Waals surface area contributed by atoms with E-state index in [1.807, 2.05) is 12.1 Å². The van der Waals surface area contributed by atoms with Gasteiger partial charge in [0.25, 0.3) is 0 Å². The molecule has 1 spiro atoms. The Labute approximate surface area is 119 Å². The van der Waals surface area contributed by atoms with Crippen LogP contribution in [0, 0.1) is 11.3 Å². The Balaban J connectivity index is 1.80. The maximum Gasteiger partial charge on any atom is 0.140 e.